The fourth-order valence-electron chi connectivity index (χ4n) is 1.80. The summed E-state index contributed by atoms with van der Waals surface area (Å²) in [4.78, 5) is 12.2. The fourth-order valence-corrected chi connectivity index (χ4v) is 1.80. The van der Waals surface area contributed by atoms with Crippen LogP contribution < -0.4 is 0 Å². The van der Waals surface area contributed by atoms with Crippen LogP contribution in [0.2, 0.25) is 0 Å². The number of hydrogen-bond acceptors (Lipinski definition) is 2. The predicted molar refractivity (Wildman–Crippen MR) is 62.8 cm³/mol. The van der Waals surface area contributed by atoms with Gasteiger partial charge in [0.25, 0.3) is 0 Å². The molecule has 0 aliphatic carbocycles. The third-order valence-corrected chi connectivity index (χ3v) is 2.57. The molecule has 0 unspecified atom stereocenters. The van der Waals surface area contributed by atoms with Crippen LogP contribution in [-0.2, 0) is 0 Å². The lowest BCUT2D eigenvalue weighted by atomic mass is 10.0. The van der Waals surface area contributed by atoms with Crippen LogP contribution in [0.1, 0.15) is 33.0 Å². The molecule has 0 fully saturated rings. The molecule has 0 bridgehead atoms. The van der Waals surface area contributed by atoms with Gasteiger partial charge in [-0.15, -0.1) is 0 Å². The standard InChI is InChI=1S/C14H14O2/c1-9-5-4-6-12(7-9)14(15)13-8-10(2)16-11(13)3/h4-8H,1-3H3. The summed E-state index contributed by atoms with van der Waals surface area (Å²) in [7, 11) is 0. The Morgan fingerprint density at radius 1 is 1.12 bits per heavy atom. The molecule has 0 N–H and O–H groups in total. The van der Waals surface area contributed by atoms with Crippen molar-refractivity contribution in [2.45, 2.75) is 20.8 Å². The highest BCUT2D eigenvalue weighted by atomic mass is 16.3. The number of benzene rings is 1. The molecule has 0 spiro atoms. The number of carbonyl (C=O) groups excluding carboxylic acids is 1. The summed E-state index contributed by atoms with van der Waals surface area (Å²) in [6.45, 7) is 5.64. The van der Waals surface area contributed by atoms with Crippen LogP contribution in [0.15, 0.2) is 34.7 Å². The van der Waals surface area contributed by atoms with Gasteiger partial charge >= 0.3 is 0 Å². The van der Waals surface area contributed by atoms with Gasteiger partial charge in [-0.25, -0.2) is 0 Å². The molecule has 0 saturated heterocycles. The Hall–Kier alpha value is -1.83. The second-order valence-corrected chi connectivity index (χ2v) is 4.03. The number of carbonyl (C=O) groups is 1. The zero-order valence-electron chi connectivity index (χ0n) is 9.70. The molecule has 1 aromatic carbocycles. The molecular formula is C14H14O2. The van der Waals surface area contributed by atoms with E-state index in [4.69, 9.17) is 4.42 Å². The van der Waals surface area contributed by atoms with Gasteiger partial charge < -0.3 is 4.42 Å². The van der Waals surface area contributed by atoms with Gasteiger partial charge in [0.15, 0.2) is 5.78 Å². The van der Waals surface area contributed by atoms with Crippen molar-refractivity contribution in [2.75, 3.05) is 0 Å². The zero-order chi connectivity index (χ0) is 11.7. The van der Waals surface area contributed by atoms with Crippen LogP contribution in [0.25, 0.3) is 0 Å². The van der Waals surface area contributed by atoms with Gasteiger partial charge in [0.1, 0.15) is 11.5 Å². The smallest absolute Gasteiger partial charge is 0.196 e. The quantitative estimate of drug-likeness (QED) is 0.717. The molecule has 2 nitrogen and oxygen atoms in total. The SMILES string of the molecule is Cc1cccc(C(=O)c2cc(C)oc2C)c1. The second kappa shape index (κ2) is 3.97. The predicted octanol–water partition coefficient (Wildman–Crippen LogP) is 3.44. The van der Waals surface area contributed by atoms with E-state index in [1.165, 1.54) is 0 Å². The number of hydrogen-bond donors (Lipinski definition) is 0. The van der Waals surface area contributed by atoms with Gasteiger partial charge in [-0.1, -0.05) is 23.8 Å². The number of ketones is 1. The van der Waals surface area contributed by atoms with Crippen molar-refractivity contribution in [2.24, 2.45) is 0 Å². The normalized spacial score (nSPS) is 10.4. The van der Waals surface area contributed by atoms with Gasteiger partial charge in [-0.2, -0.15) is 0 Å². The summed E-state index contributed by atoms with van der Waals surface area (Å²) in [5.74, 6) is 1.48. The van der Waals surface area contributed by atoms with Crippen molar-refractivity contribution in [1.82, 2.24) is 0 Å². The van der Waals surface area contributed by atoms with Gasteiger partial charge in [-0.3, -0.25) is 4.79 Å². The Morgan fingerprint density at radius 3 is 2.44 bits per heavy atom. The molecule has 2 rings (SSSR count). The van der Waals surface area contributed by atoms with Gasteiger partial charge in [0.05, 0.1) is 5.56 Å². The molecule has 0 saturated carbocycles. The molecule has 0 amide bonds. The summed E-state index contributed by atoms with van der Waals surface area (Å²) >= 11 is 0. The van der Waals surface area contributed by atoms with E-state index in [0.29, 0.717) is 16.9 Å². The maximum absolute atomic E-state index is 12.2. The van der Waals surface area contributed by atoms with Crippen molar-refractivity contribution in [1.29, 1.82) is 0 Å². The van der Waals surface area contributed by atoms with Crippen molar-refractivity contribution in [3.8, 4) is 0 Å². The summed E-state index contributed by atoms with van der Waals surface area (Å²) in [6, 6.07) is 9.39. The minimum Gasteiger partial charge on any atom is -0.466 e. The van der Waals surface area contributed by atoms with Crippen LogP contribution in [-0.4, -0.2) is 5.78 Å². The van der Waals surface area contributed by atoms with Crippen molar-refractivity contribution in [3.63, 3.8) is 0 Å². The number of rotatable bonds is 2. The van der Waals surface area contributed by atoms with Crippen LogP contribution in [0, 0.1) is 20.8 Å². The second-order valence-electron chi connectivity index (χ2n) is 4.03. The van der Waals surface area contributed by atoms with E-state index in [1.54, 1.807) is 6.07 Å². The highest BCUT2D eigenvalue weighted by Gasteiger charge is 2.15. The van der Waals surface area contributed by atoms with E-state index < -0.39 is 0 Å². The van der Waals surface area contributed by atoms with E-state index in [1.807, 2.05) is 45.0 Å². The first-order valence-corrected chi connectivity index (χ1v) is 5.26. The van der Waals surface area contributed by atoms with Crippen molar-refractivity contribution < 1.29 is 9.21 Å². The Bertz CT molecular complexity index is 535. The molecule has 0 aliphatic heterocycles. The number of aryl methyl sites for hydroxylation is 3. The molecule has 16 heavy (non-hydrogen) atoms. The minimum absolute atomic E-state index is 0.0260. The van der Waals surface area contributed by atoms with Crippen LogP contribution in [0.3, 0.4) is 0 Å². The van der Waals surface area contributed by atoms with Gasteiger partial charge in [-0.05, 0) is 32.9 Å². The summed E-state index contributed by atoms with van der Waals surface area (Å²) in [5.41, 5.74) is 2.45. The molecule has 1 aromatic heterocycles. The molecule has 0 atom stereocenters. The van der Waals surface area contributed by atoms with E-state index in [2.05, 4.69) is 0 Å². The lowest BCUT2D eigenvalue weighted by Crippen LogP contribution is -2.01. The first kappa shape index (κ1) is 10.7. The van der Waals surface area contributed by atoms with Gasteiger partial charge in [0.2, 0.25) is 0 Å². The maximum Gasteiger partial charge on any atom is 0.196 e. The average Bonchev–Trinajstić information content (AvgIpc) is 2.57. The van der Waals surface area contributed by atoms with Crippen LogP contribution in [0.5, 0.6) is 0 Å². The molecule has 0 radical (unpaired) electrons. The largest absolute Gasteiger partial charge is 0.466 e. The highest BCUT2D eigenvalue weighted by Crippen LogP contribution is 2.18. The Balaban J connectivity index is 2.43. The molecule has 0 aliphatic rings. The third kappa shape index (κ3) is 1.91. The van der Waals surface area contributed by atoms with E-state index in [9.17, 15) is 4.79 Å². The Morgan fingerprint density at radius 2 is 1.88 bits per heavy atom. The Labute approximate surface area is 94.9 Å². The average molecular weight is 214 g/mol. The van der Waals surface area contributed by atoms with E-state index in [0.717, 1.165) is 11.3 Å². The van der Waals surface area contributed by atoms with Gasteiger partial charge in [0, 0.05) is 5.56 Å². The lowest BCUT2D eigenvalue weighted by Gasteiger charge is -2.00. The molecule has 2 heteroatoms. The highest BCUT2D eigenvalue weighted by molar-refractivity contribution is 6.09. The van der Waals surface area contributed by atoms with Crippen molar-refractivity contribution >= 4 is 5.78 Å². The third-order valence-electron chi connectivity index (χ3n) is 2.57. The summed E-state index contributed by atoms with van der Waals surface area (Å²) in [6.07, 6.45) is 0. The zero-order valence-corrected chi connectivity index (χ0v) is 9.70. The van der Waals surface area contributed by atoms with E-state index in [-0.39, 0.29) is 5.78 Å². The molecule has 2 aromatic rings. The van der Waals surface area contributed by atoms with Crippen LogP contribution in [0.4, 0.5) is 0 Å². The lowest BCUT2D eigenvalue weighted by molar-refractivity contribution is 0.103. The fraction of sp³-hybridized carbons (Fsp3) is 0.214. The summed E-state index contributed by atoms with van der Waals surface area (Å²) < 4.78 is 5.37. The van der Waals surface area contributed by atoms with E-state index >= 15 is 0 Å². The van der Waals surface area contributed by atoms with Crippen LogP contribution >= 0.6 is 0 Å². The monoisotopic (exact) mass is 214 g/mol. The topological polar surface area (TPSA) is 30.2 Å². The Kier molecular flexibility index (Phi) is 2.65. The first-order valence-electron chi connectivity index (χ1n) is 5.26. The maximum atomic E-state index is 12.2. The molecule has 1 heterocycles. The molecular weight excluding hydrogens is 200 g/mol. The molecule has 82 valence electrons. The first-order chi connectivity index (χ1) is 7.58. The number of furan rings is 1. The minimum atomic E-state index is 0.0260. The summed E-state index contributed by atoms with van der Waals surface area (Å²) in [5, 5.41) is 0. The van der Waals surface area contributed by atoms with Crippen molar-refractivity contribution in [3.05, 3.63) is 58.5 Å².